The Kier molecular flexibility index (Phi) is 4.24. The summed E-state index contributed by atoms with van der Waals surface area (Å²) < 4.78 is 31.0. The van der Waals surface area contributed by atoms with E-state index in [4.69, 9.17) is 5.11 Å². The molecule has 0 aliphatic carbocycles. The third kappa shape index (κ3) is 3.37. The van der Waals surface area contributed by atoms with Crippen LogP contribution in [0, 0.1) is 6.92 Å². The molecule has 0 saturated carbocycles. The molecule has 0 atom stereocenters. The van der Waals surface area contributed by atoms with Crippen LogP contribution < -0.4 is 4.72 Å². The zero-order valence-electron chi connectivity index (χ0n) is 11.3. The first kappa shape index (κ1) is 15.4. The van der Waals surface area contributed by atoms with Crippen LogP contribution in [-0.4, -0.2) is 28.9 Å². The lowest BCUT2D eigenvalue weighted by Gasteiger charge is -2.10. The van der Waals surface area contributed by atoms with Crippen molar-refractivity contribution in [1.29, 1.82) is 0 Å². The lowest BCUT2D eigenvalue weighted by atomic mass is 10.1. The number of nitrogens with zero attached hydrogens (tertiary/aromatic N) is 2. The van der Waals surface area contributed by atoms with Crippen LogP contribution >= 0.6 is 11.5 Å². The highest BCUT2D eigenvalue weighted by molar-refractivity contribution is 7.93. The fourth-order valence-electron chi connectivity index (χ4n) is 1.74. The van der Waals surface area contributed by atoms with Gasteiger partial charge in [-0.1, -0.05) is 13.0 Å². The molecule has 1 heterocycles. The average Bonchev–Trinajstić information content (AvgIpc) is 2.82. The Morgan fingerprint density at radius 1 is 1.43 bits per heavy atom. The van der Waals surface area contributed by atoms with E-state index >= 15 is 0 Å². The zero-order valence-corrected chi connectivity index (χ0v) is 13.0. The minimum Gasteiger partial charge on any atom is -0.478 e. The molecule has 2 rings (SSSR count). The van der Waals surface area contributed by atoms with Crippen molar-refractivity contribution in [3.8, 4) is 0 Å². The molecule has 0 spiro atoms. The van der Waals surface area contributed by atoms with E-state index in [2.05, 4.69) is 14.1 Å². The summed E-state index contributed by atoms with van der Waals surface area (Å²) in [6.07, 6.45) is 0.464. The lowest BCUT2D eigenvalue weighted by molar-refractivity contribution is 0.0696. The van der Waals surface area contributed by atoms with E-state index in [-0.39, 0.29) is 15.6 Å². The van der Waals surface area contributed by atoms with Crippen molar-refractivity contribution in [3.05, 3.63) is 35.2 Å². The first-order valence-corrected chi connectivity index (χ1v) is 8.28. The van der Waals surface area contributed by atoms with E-state index in [1.165, 1.54) is 12.1 Å². The smallest absolute Gasteiger partial charge is 0.335 e. The van der Waals surface area contributed by atoms with E-state index in [0.717, 1.165) is 17.6 Å². The van der Waals surface area contributed by atoms with Crippen molar-refractivity contribution in [2.45, 2.75) is 25.2 Å². The summed E-state index contributed by atoms with van der Waals surface area (Å²) in [5.41, 5.74) is 0.453. The van der Waals surface area contributed by atoms with Crippen LogP contribution in [0.5, 0.6) is 0 Å². The van der Waals surface area contributed by atoms with Gasteiger partial charge in [-0.15, -0.1) is 0 Å². The van der Waals surface area contributed by atoms with Crippen molar-refractivity contribution in [2.24, 2.45) is 0 Å². The van der Waals surface area contributed by atoms with Gasteiger partial charge in [0.05, 0.1) is 10.5 Å². The molecule has 0 saturated heterocycles. The van der Waals surface area contributed by atoms with E-state index in [1.54, 1.807) is 13.8 Å². The predicted molar refractivity (Wildman–Crippen MR) is 78.2 cm³/mol. The van der Waals surface area contributed by atoms with Gasteiger partial charge in [0.25, 0.3) is 10.0 Å². The first-order chi connectivity index (χ1) is 9.83. The number of rotatable bonds is 5. The Morgan fingerprint density at radius 3 is 2.67 bits per heavy atom. The molecule has 7 nitrogen and oxygen atoms in total. The minimum atomic E-state index is -3.90. The topological polar surface area (TPSA) is 109 Å². The molecule has 0 amide bonds. The van der Waals surface area contributed by atoms with Gasteiger partial charge in [-0.3, -0.25) is 4.72 Å². The summed E-state index contributed by atoms with van der Waals surface area (Å²) in [4.78, 5) is 14.9. The Labute approximate surface area is 125 Å². The highest BCUT2D eigenvalue weighted by atomic mass is 32.2. The van der Waals surface area contributed by atoms with Gasteiger partial charge in [0, 0.05) is 11.5 Å². The summed E-state index contributed by atoms with van der Waals surface area (Å²) in [5, 5.41) is 9.14. The number of anilines is 1. The second-order valence-electron chi connectivity index (χ2n) is 4.23. The van der Waals surface area contributed by atoms with Crippen molar-refractivity contribution in [1.82, 2.24) is 9.36 Å². The summed E-state index contributed by atoms with van der Waals surface area (Å²) in [7, 11) is -3.90. The molecule has 112 valence electrons. The van der Waals surface area contributed by atoms with Crippen molar-refractivity contribution >= 4 is 32.7 Å². The second kappa shape index (κ2) is 5.78. The van der Waals surface area contributed by atoms with Crippen LogP contribution in [0.2, 0.25) is 0 Å². The fraction of sp³-hybridized carbons (Fsp3) is 0.250. The normalized spacial score (nSPS) is 11.3. The van der Waals surface area contributed by atoms with Gasteiger partial charge >= 0.3 is 5.97 Å². The lowest BCUT2D eigenvalue weighted by Crippen LogP contribution is -2.16. The molecule has 9 heteroatoms. The molecule has 1 aromatic carbocycles. The number of hydrogen-bond acceptors (Lipinski definition) is 6. The number of sulfonamides is 1. The van der Waals surface area contributed by atoms with Gasteiger partial charge < -0.3 is 5.11 Å². The van der Waals surface area contributed by atoms with E-state index in [0.29, 0.717) is 17.8 Å². The monoisotopic (exact) mass is 327 g/mol. The van der Waals surface area contributed by atoms with Gasteiger partial charge in [0.1, 0.15) is 5.82 Å². The number of carbonyl (C=O) groups is 1. The number of aromatic nitrogens is 2. The maximum atomic E-state index is 12.4. The highest BCUT2D eigenvalue weighted by Crippen LogP contribution is 2.22. The highest BCUT2D eigenvalue weighted by Gasteiger charge is 2.21. The molecule has 21 heavy (non-hydrogen) atoms. The predicted octanol–water partition coefficient (Wildman–Crippen LogP) is 1.91. The number of nitrogens with one attached hydrogen (secondary N) is 1. The van der Waals surface area contributed by atoms with E-state index < -0.39 is 16.0 Å². The largest absolute Gasteiger partial charge is 0.478 e. The molecular weight excluding hydrogens is 314 g/mol. The van der Waals surface area contributed by atoms with Gasteiger partial charge in [0.2, 0.25) is 5.13 Å². The summed E-state index contributed by atoms with van der Waals surface area (Å²) in [6, 6.07) is 4.04. The van der Waals surface area contributed by atoms with Crippen molar-refractivity contribution in [3.63, 3.8) is 0 Å². The van der Waals surface area contributed by atoms with Gasteiger partial charge in [0.15, 0.2) is 0 Å². The quantitative estimate of drug-likeness (QED) is 0.868. The molecule has 0 unspecified atom stereocenters. The molecule has 0 bridgehead atoms. The Hall–Kier alpha value is -2.00. The number of aryl methyl sites for hydroxylation is 2. The van der Waals surface area contributed by atoms with Gasteiger partial charge in [-0.2, -0.15) is 4.37 Å². The number of aromatic carboxylic acids is 1. The maximum absolute atomic E-state index is 12.4. The van der Waals surface area contributed by atoms with Crippen LogP contribution in [0.15, 0.2) is 23.1 Å². The van der Waals surface area contributed by atoms with Crippen LogP contribution in [0.3, 0.4) is 0 Å². The first-order valence-electron chi connectivity index (χ1n) is 6.03. The zero-order chi connectivity index (χ0) is 15.6. The standard InChI is InChI=1S/C12H13N3O4S2/c1-3-8-4-5-9(11(16)17)6-10(8)21(18,19)15-12-13-7(2)14-20-12/h4-6H,3H2,1-2H3,(H,16,17)(H,13,14,15). The fourth-order valence-corrected chi connectivity index (χ4v) is 3.87. The van der Waals surface area contributed by atoms with Gasteiger partial charge in [-0.05, 0) is 31.0 Å². The molecule has 2 aromatic rings. The van der Waals surface area contributed by atoms with Crippen LogP contribution in [-0.2, 0) is 16.4 Å². The second-order valence-corrected chi connectivity index (χ2v) is 6.64. The van der Waals surface area contributed by atoms with Crippen molar-refractivity contribution < 1.29 is 18.3 Å². The Morgan fingerprint density at radius 2 is 2.14 bits per heavy atom. The Bertz CT molecular complexity index is 784. The van der Waals surface area contributed by atoms with Crippen LogP contribution in [0.25, 0.3) is 0 Å². The third-order valence-corrected chi connectivity index (χ3v) is 5.01. The molecular formula is C12H13N3O4S2. The number of carboxylic acid groups (broad SMARTS) is 1. The SMILES string of the molecule is CCc1ccc(C(=O)O)cc1S(=O)(=O)Nc1nc(C)ns1. The summed E-state index contributed by atoms with van der Waals surface area (Å²) in [6.45, 7) is 3.45. The van der Waals surface area contributed by atoms with Crippen LogP contribution in [0.4, 0.5) is 5.13 Å². The molecule has 0 aliphatic heterocycles. The molecule has 1 aromatic heterocycles. The van der Waals surface area contributed by atoms with Gasteiger partial charge in [-0.25, -0.2) is 18.2 Å². The molecule has 0 radical (unpaired) electrons. The number of hydrogen-bond donors (Lipinski definition) is 2. The van der Waals surface area contributed by atoms with Crippen molar-refractivity contribution in [2.75, 3.05) is 4.72 Å². The minimum absolute atomic E-state index is 0.0576. The maximum Gasteiger partial charge on any atom is 0.335 e. The Balaban J connectivity index is 2.47. The van der Waals surface area contributed by atoms with Crippen LogP contribution in [0.1, 0.15) is 28.7 Å². The summed E-state index contributed by atoms with van der Waals surface area (Å²) in [5.74, 6) is -0.714. The molecule has 2 N–H and O–H groups in total. The van der Waals surface area contributed by atoms with E-state index in [9.17, 15) is 13.2 Å². The average molecular weight is 327 g/mol. The van der Waals surface area contributed by atoms with E-state index in [1.807, 2.05) is 0 Å². The molecule has 0 aliphatic rings. The number of benzene rings is 1. The molecule has 0 fully saturated rings. The summed E-state index contributed by atoms with van der Waals surface area (Å²) >= 11 is 0.927. The third-order valence-electron chi connectivity index (χ3n) is 2.73. The number of carboxylic acids is 1.